The summed E-state index contributed by atoms with van der Waals surface area (Å²) in [4.78, 5) is 13.2. The molecular formula is C27H25N5O. The molecule has 2 N–H and O–H groups in total. The molecule has 6 heteroatoms. The number of nitrogens with zero attached hydrogens (tertiary/aromatic N) is 3. The summed E-state index contributed by atoms with van der Waals surface area (Å²) in [6.45, 7) is 0.623. The van der Waals surface area contributed by atoms with E-state index >= 15 is 0 Å². The number of amides is 1. The third-order valence-electron chi connectivity index (χ3n) is 5.40. The van der Waals surface area contributed by atoms with Crippen LogP contribution >= 0.6 is 0 Å². The molecule has 0 fully saturated rings. The zero-order chi connectivity index (χ0) is 23.0. The molecule has 33 heavy (non-hydrogen) atoms. The molecule has 1 unspecified atom stereocenters. The van der Waals surface area contributed by atoms with Crippen molar-refractivity contribution in [3.63, 3.8) is 0 Å². The second kappa shape index (κ2) is 10.4. The second-order valence-corrected chi connectivity index (χ2v) is 7.80. The fraction of sp³-hybridized carbons (Fsp3) is 0.148. The van der Waals surface area contributed by atoms with Gasteiger partial charge in [-0.3, -0.25) is 9.48 Å². The van der Waals surface area contributed by atoms with E-state index in [0.29, 0.717) is 12.1 Å². The highest BCUT2D eigenvalue weighted by molar-refractivity contribution is 5.95. The summed E-state index contributed by atoms with van der Waals surface area (Å²) in [6.07, 6.45) is 2.65. The molecule has 0 radical (unpaired) electrons. The SMILES string of the molecule is Cn1ccc(-c2ccc(NC(=O)C(NCCc3ccc(C#N)cc3)c3ccccc3)cc2)n1. The number of carbonyl (C=O) groups excluding carboxylic acids is 1. The quantitative estimate of drug-likeness (QED) is 0.428. The van der Waals surface area contributed by atoms with Gasteiger partial charge in [0.05, 0.1) is 17.3 Å². The number of aromatic nitrogens is 2. The van der Waals surface area contributed by atoms with Crippen LogP contribution in [0.25, 0.3) is 11.3 Å². The van der Waals surface area contributed by atoms with Gasteiger partial charge in [0, 0.05) is 31.0 Å². The van der Waals surface area contributed by atoms with Gasteiger partial charge in [-0.15, -0.1) is 0 Å². The number of anilines is 1. The number of nitrogens with one attached hydrogen (secondary N) is 2. The largest absolute Gasteiger partial charge is 0.324 e. The number of benzene rings is 3. The van der Waals surface area contributed by atoms with E-state index < -0.39 is 6.04 Å². The van der Waals surface area contributed by atoms with Crippen molar-refractivity contribution in [2.75, 3.05) is 11.9 Å². The molecule has 4 rings (SSSR count). The number of hydrogen-bond acceptors (Lipinski definition) is 4. The Morgan fingerprint density at radius 2 is 1.73 bits per heavy atom. The molecular weight excluding hydrogens is 410 g/mol. The van der Waals surface area contributed by atoms with Crippen molar-refractivity contribution in [1.29, 1.82) is 5.26 Å². The first-order chi connectivity index (χ1) is 16.1. The first kappa shape index (κ1) is 22.0. The fourth-order valence-electron chi connectivity index (χ4n) is 3.62. The predicted octanol–water partition coefficient (Wildman–Crippen LogP) is 4.47. The number of aryl methyl sites for hydroxylation is 1. The Labute approximate surface area is 193 Å². The normalized spacial score (nSPS) is 11.5. The van der Waals surface area contributed by atoms with Crippen LogP contribution in [0.2, 0.25) is 0 Å². The lowest BCUT2D eigenvalue weighted by Crippen LogP contribution is -2.34. The van der Waals surface area contributed by atoms with Gasteiger partial charge in [-0.2, -0.15) is 10.4 Å². The molecule has 6 nitrogen and oxygen atoms in total. The van der Waals surface area contributed by atoms with Crippen LogP contribution in [0.1, 0.15) is 22.7 Å². The summed E-state index contributed by atoms with van der Waals surface area (Å²) < 4.78 is 1.76. The van der Waals surface area contributed by atoms with E-state index in [-0.39, 0.29) is 5.91 Å². The Bertz CT molecular complexity index is 1240. The summed E-state index contributed by atoms with van der Waals surface area (Å²) in [6, 6.07) is 28.5. The minimum atomic E-state index is -0.486. The second-order valence-electron chi connectivity index (χ2n) is 7.80. The highest BCUT2D eigenvalue weighted by Gasteiger charge is 2.20. The molecule has 0 bridgehead atoms. The molecule has 0 aliphatic heterocycles. The van der Waals surface area contributed by atoms with Crippen molar-refractivity contribution in [3.05, 3.63) is 108 Å². The smallest absolute Gasteiger partial charge is 0.246 e. The van der Waals surface area contributed by atoms with E-state index in [1.165, 1.54) is 0 Å². The lowest BCUT2D eigenvalue weighted by Gasteiger charge is -2.19. The zero-order valence-corrected chi connectivity index (χ0v) is 18.4. The average molecular weight is 436 g/mol. The third kappa shape index (κ3) is 5.73. The van der Waals surface area contributed by atoms with E-state index in [1.54, 1.807) is 4.68 Å². The molecule has 0 saturated carbocycles. The van der Waals surface area contributed by atoms with Crippen molar-refractivity contribution < 1.29 is 4.79 Å². The molecule has 0 saturated heterocycles. The first-order valence-electron chi connectivity index (χ1n) is 10.8. The van der Waals surface area contributed by atoms with Crippen molar-refractivity contribution in [2.24, 2.45) is 7.05 Å². The van der Waals surface area contributed by atoms with Gasteiger partial charge in [-0.05, 0) is 47.9 Å². The highest BCUT2D eigenvalue weighted by atomic mass is 16.2. The van der Waals surface area contributed by atoms with E-state index in [2.05, 4.69) is 21.8 Å². The number of rotatable bonds is 8. The van der Waals surface area contributed by atoms with E-state index in [0.717, 1.165) is 34.5 Å². The van der Waals surface area contributed by atoms with Crippen LogP contribution in [-0.2, 0) is 18.3 Å². The summed E-state index contributed by atoms with van der Waals surface area (Å²) in [5, 5.41) is 19.8. The minimum Gasteiger partial charge on any atom is -0.324 e. The van der Waals surface area contributed by atoms with Crippen LogP contribution < -0.4 is 10.6 Å². The summed E-state index contributed by atoms with van der Waals surface area (Å²) in [5.41, 5.74) is 5.27. The standard InChI is InChI=1S/C27H25N5O/c1-32-18-16-25(31-32)22-11-13-24(14-12-22)30-27(33)26(23-5-3-2-4-6-23)29-17-15-20-7-9-21(19-28)10-8-20/h2-14,16,18,26,29H,15,17H2,1H3,(H,30,33). The third-order valence-corrected chi connectivity index (χ3v) is 5.40. The van der Waals surface area contributed by atoms with Crippen LogP contribution in [0.5, 0.6) is 0 Å². The lowest BCUT2D eigenvalue weighted by atomic mass is 10.0. The maximum atomic E-state index is 13.2. The van der Waals surface area contributed by atoms with Gasteiger partial charge < -0.3 is 10.6 Å². The maximum Gasteiger partial charge on any atom is 0.246 e. The van der Waals surface area contributed by atoms with Gasteiger partial charge in [-0.25, -0.2) is 0 Å². The Kier molecular flexibility index (Phi) is 6.93. The first-order valence-corrected chi connectivity index (χ1v) is 10.8. The summed E-state index contributed by atoms with van der Waals surface area (Å²) >= 11 is 0. The van der Waals surface area contributed by atoms with E-state index in [4.69, 9.17) is 5.26 Å². The monoisotopic (exact) mass is 435 g/mol. The van der Waals surface area contributed by atoms with Crippen molar-refractivity contribution in [2.45, 2.75) is 12.5 Å². The van der Waals surface area contributed by atoms with Crippen molar-refractivity contribution >= 4 is 11.6 Å². The van der Waals surface area contributed by atoms with Crippen molar-refractivity contribution in [3.8, 4) is 17.3 Å². The number of hydrogen-bond donors (Lipinski definition) is 2. The fourth-order valence-corrected chi connectivity index (χ4v) is 3.62. The summed E-state index contributed by atoms with van der Waals surface area (Å²) in [7, 11) is 1.89. The van der Waals surface area contributed by atoms with E-state index in [1.807, 2.05) is 98.2 Å². The van der Waals surface area contributed by atoms with Gasteiger partial charge in [0.25, 0.3) is 0 Å². The molecule has 0 spiro atoms. The molecule has 164 valence electrons. The molecule has 1 amide bonds. The molecule has 4 aromatic rings. The van der Waals surface area contributed by atoms with Crippen molar-refractivity contribution in [1.82, 2.24) is 15.1 Å². The van der Waals surface area contributed by atoms with Crippen LogP contribution in [0.4, 0.5) is 5.69 Å². The Hall–Kier alpha value is -4.21. The van der Waals surface area contributed by atoms with Gasteiger partial charge in [0.2, 0.25) is 5.91 Å². The molecule has 0 aliphatic rings. The molecule has 1 heterocycles. The predicted molar refractivity (Wildman–Crippen MR) is 129 cm³/mol. The van der Waals surface area contributed by atoms with Gasteiger partial charge in [0.1, 0.15) is 6.04 Å². The minimum absolute atomic E-state index is 0.119. The van der Waals surface area contributed by atoms with Crippen LogP contribution in [-0.4, -0.2) is 22.2 Å². The number of carbonyl (C=O) groups is 1. The molecule has 0 aliphatic carbocycles. The maximum absolute atomic E-state index is 13.2. The lowest BCUT2D eigenvalue weighted by molar-refractivity contribution is -0.118. The van der Waals surface area contributed by atoms with Gasteiger partial charge in [0.15, 0.2) is 0 Å². The molecule has 1 aromatic heterocycles. The Balaban J connectivity index is 1.42. The number of nitriles is 1. The molecule has 1 atom stereocenters. The summed E-state index contributed by atoms with van der Waals surface area (Å²) in [5.74, 6) is -0.119. The van der Waals surface area contributed by atoms with Crippen LogP contribution in [0.3, 0.4) is 0 Å². The highest BCUT2D eigenvalue weighted by Crippen LogP contribution is 2.21. The zero-order valence-electron chi connectivity index (χ0n) is 18.4. The van der Waals surface area contributed by atoms with Gasteiger partial charge >= 0.3 is 0 Å². The van der Waals surface area contributed by atoms with Crippen LogP contribution in [0, 0.1) is 11.3 Å². The Morgan fingerprint density at radius 3 is 2.36 bits per heavy atom. The molecule has 3 aromatic carbocycles. The Morgan fingerprint density at radius 1 is 1.00 bits per heavy atom. The van der Waals surface area contributed by atoms with Crippen LogP contribution in [0.15, 0.2) is 91.1 Å². The van der Waals surface area contributed by atoms with E-state index in [9.17, 15) is 4.79 Å². The van der Waals surface area contributed by atoms with Gasteiger partial charge in [-0.1, -0.05) is 54.6 Å². The topological polar surface area (TPSA) is 82.7 Å². The average Bonchev–Trinajstić information content (AvgIpc) is 3.29.